The number of rotatable bonds is 6. The Morgan fingerprint density at radius 3 is 2.29 bits per heavy atom. The summed E-state index contributed by atoms with van der Waals surface area (Å²) in [7, 11) is 0. The number of amidine groups is 2. The number of aromatic nitrogens is 2. The summed E-state index contributed by atoms with van der Waals surface area (Å²) in [5.41, 5.74) is 8.21. The molecule has 1 atom stereocenters. The first-order valence-electron chi connectivity index (χ1n) is 14.4. The fraction of sp³-hybridized carbons (Fsp3) is 0.171. The molecule has 5 aromatic rings. The van der Waals surface area contributed by atoms with Crippen LogP contribution in [0.4, 0.5) is 22.9 Å². The summed E-state index contributed by atoms with van der Waals surface area (Å²) >= 11 is 0. The fourth-order valence-electron chi connectivity index (χ4n) is 5.74. The molecule has 42 heavy (non-hydrogen) atoms. The Morgan fingerprint density at radius 1 is 0.810 bits per heavy atom. The molecule has 0 radical (unpaired) electrons. The minimum absolute atomic E-state index is 0.184. The lowest BCUT2D eigenvalue weighted by atomic mass is 9.93. The van der Waals surface area contributed by atoms with Crippen LogP contribution in [-0.2, 0) is 6.42 Å². The molecule has 0 saturated heterocycles. The third kappa shape index (κ3) is 4.43. The van der Waals surface area contributed by atoms with Crippen LogP contribution < -0.4 is 15.0 Å². The van der Waals surface area contributed by atoms with Crippen LogP contribution in [0.3, 0.4) is 0 Å². The number of hydrogen-bond donors (Lipinski definition) is 1. The summed E-state index contributed by atoms with van der Waals surface area (Å²) in [4.78, 5) is 12.7. The van der Waals surface area contributed by atoms with E-state index in [2.05, 4.69) is 90.8 Å². The highest BCUT2D eigenvalue weighted by Crippen LogP contribution is 2.48. The predicted octanol–water partition coefficient (Wildman–Crippen LogP) is 7.94. The van der Waals surface area contributed by atoms with Gasteiger partial charge in [0.1, 0.15) is 5.75 Å². The third-order valence-electron chi connectivity index (χ3n) is 7.77. The first-order chi connectivity index (χ1) is 20.6. The molecule has 3 heterocycles. The highest BCUT2D eigenvalue weighted by Gasteiger charge is 2.41. The fourth-order valence-corrected chi connectivity index (χ4v) is 5.74. The Kier molecular flexibility index (Phi) is 6.55. The molecule has 4 aromatic carbocycles. The highest BCUT2D eigenvalue weighted by atomic mass is 16.5. The zero-order valence-corrected chi connectivity index (χ0v) is 24.0. The van der Waals surface area contributed by atoms with Gasteiger partial charge in [0, 0.05) is 11.3 Å². The van der Waals surface area contributed by atoms with Gasteiger partial charge < -0.3 is 15.0 Å². The number of nitrogens with zero attached hydrogens (tertiary/aromatic N) is 5. The van der Waals surface area contributed by atoms with Gasteiger partial charge in [-0.1, -0.05) is 61.5 Å². The van der Waals surface area contributed by atoms with E-state index in [1.54, 1.807) is 0 Å². The van der Waals surface area contributed by atoms with Gasteiger partial charge >= 0.3 is 0 Å². The van der Waals surface area contributed by atoms with E-state index in [0.29, 0.717) is 12.4 Å². The van der Waals surface area contributed by atoms with E-state index in [9.17, 15) is 0 Å². The normalized spacial score (nSPS) is 15.2. The molecular formula is C35H32N6O. The molecule has 0 amide bonds. The minimum atomic E-state index is -0.184. The van der Waals surface area contributed by atoms with Crippen molar-refractivity contribution in [3.05, 3.63) is 126 Å². The van der Waals surface area contributed by atoms with E-state index < -0.39 is 0 Å². The van der Waals surface area contributed by atoms with E-state index in [1.165, 1.54) is 5.56 Å². The van der Waals surface area contributed by atoms with E-state index in [0.717, 1.165) is 63.4 Å². The van der Waals surface area contributed by atoms with Crippen molar-refractivity contribution in [2.75, 3.05) is 16.8 Å². The van der Waals surface area contributed by atoms with Crippen molar-refractivity contribution in [3.63, 3.8) is 0 Å². The van der Waals surface area contributed by atoms with Crippen molar-refractivity contribution < 1.29 is 4.74 Å². The van der Waals surface area contributed by atoms with Crippen LogP contribution in [-0.4, -0.2) is 28.1 Å². The lowest BCUT2D eigenvalue weighted by Gasteiger charge is -2.40. The number of ether oxygens (including phenoxy) is 1. The molecule has 0 fully saturated rings. The Morgan fingerprint density at radius 2 is 1.55 bits per heavy atom. The average Bonchev–Trinajstić information content (AvgIpc) is 3.37. The van der Waals surface area contributed by atoms with Crippen molar-refractivity contribution in [2.45, 2.75) is 33.2 Å². The van der Waals surface area contributed by atoms with E-state index >= 15 is 0 Å². The van der Waals surface area contributed by atoms with Gasteiger partial charge in [0.25, 0.3) is 0 Å². The van der Waals surface area contributed by atoms with Crippen molar-refractivity contribution in [3.8, 4) is 11.4 Å². The van der Waals surface area contributed by atoms with E-state index in [1.807, 2.05) is 48.0 Å². The number of para-hydroxylation sites is 3. The maximum atomic E-state index is 5.78. The van der Waals surface area contributed by atoms with Crippen LogP contribution in [0, 0.1) is 6.92 Å². The average molecular weight is 553 g/mol. The largest absolute Gasteiger partial charge is 0.494 e. The summed E-state index contributed by atoms with van der Waals surface area (Å²) in [5.74, 6) is 3.09. The number of anilines is 2. The van der Waals surface area contributed by atoms with Crippen molar-refractivity contribution >= 4 is 34.6 Å². The van der Waals surface area contributed by atoms with Crippen molar-refractivity contribution in [2.24, 2.45) is 9.98 Å². The van der Waals surface area contributed by atoms with Crippen molar-refractivity contribution in [1.29, 1.82) is 0 Å². The summed E-state index contributed by atoms with van der Waals surface area (Å²) < 4.78 is 7.73. The molecule has 208 valence electrons. The number of benzene rings is 4. The second-order valence-electron chi connectivity index (χ2n) is 10.4. The number of nitrogens with one attached hydrogen (secondary N) is 1. The maximum absolute atomic E-state index is 5.78. The standard InChI is InChI=1S/C35H32N6O/c1-4-24-15-19-26(20-16-24)36-33-35-38-34-31(23(3)39-41(34)27-11-7-6-8-12-27)32(25-17-21-28(22-18-25)42-5-2)40(35)30-14-10-9-13-29(30)37-33/h6-22,32H,4-5H2,1-3H3,(H,36,37)/t32-/m1/s1. The first-order valence-corrected chi connectivity index (χ1v) is 14.4. The Balaban J connectivity index is 1.45. The number of aryl methyl sites for hydroxylation is 2. The van der Waals surface area contributed by atoms with E-state index in [4.69, 9.17) is 19.8 Å². The van der Waals surface area contributed by atoms with Crippen LogP contribution in [0.15, 0.2) is 113 Å². The predicted molar refractivity (Wildman–Crippen MR) is 170 cm³/mol. The molecule has 2 aliphatic heterocycles. The molecule has 1 aromatic heterocycles. The second-order valence-corrected chi connectivity index (χ2v) is 10.4. The van der Waals surface area contributed by atoms with Crippen molar-refractivity contribution in [1.82, 2.24) is 9.78 Å². The molecular weight excluding hydrogens is 520 g/mol. The summed E-state index contributed by atoms with van der Waals surface area (Å²) in [5, 5.41) is 8.62. The molecule has 0 aliphatic carbocycles. The van der Waals surface area contributed by atoms with Crippen LogP contribution in [0.2, 0.25) is 0 Å². The topological polar surface area (TPSA) is 67.0 Å². The molecule has 0 spiro atoms. The highest BCUT2D eigenvalue weighted by molar-refractivity contribution is 6.51. The zero-order valence-electron chi connectivity index (χ0n) is 24.0. The molecule has 7 rings (SSSR count). The van der Waals surface area contributed by atoms with Gasteiger partial charge in [0.15, 0.2) is 17.5 Å². The summed E-state index contributed by atoms with van der Waals surface area (Å²) in [6.45, 7) is 6.85. The van der Waals surface area contributed by atoms with Crippen LogP contribution in [0.1, 0.15) is 42.3 Å². The molecule has 7 nitrogen and oxygen atoms in total. The maximum Gasteiger partial charge on any atom is 0.179 e. The quantitative estimate of drug-likeness (QED) is 0.232. The lowest BCUT2D eigenvalue weighted by molar-refractivity contribution is 0.340. The molecule has 0 bridgehead atoms. The van der Waals surface area contributed by atoms with Gasteiger partial charge in [-0.3, -0.25) is 0 Å². The van der Waals surface area contributed by atoms with E-state index in [-0.39, 0.29) is 6.04 Å². The molecule has 2 aliphatic rings. The van der Waals surface area contributed by atoms with Crippen LogP contribution in [0.25, 0.3) is 5.69 Å². The zero-order chi connectivity index (χ0) is 28.6. The Labute approximate surface area is 245 Å². The Bertz CT molecular complexity index is 1800. The smallest absolute Gasteiger partial charge is 0.179 e. The van der Waals surface area contributed by atoms with Crippen LogP contribution >= 0.6 is 0 Å². The monoisotopic (exact) mass is 552 g/mol. The van der Waals surface area contributed by atoms with Gasteiger partial charge in [-0.05, 0) is 79.9 Å². The third-order valence-corrected chi connectivity index (χ3v) is 7.77. The summed E-state index contributed by atoms with van der Waals surface area (Å²) in [6.07, 6.45) is 0.991. The molecule has 0 saturated carbocycles. The Hall–Kier alpha value is -5.17. The number of hydrogen-bond acceptors (Lipinski definition) is 6. The van der Waals surface area contributed by atoms with Crippen LogP contribution in [0.5, 0.6) is 5.75 Å². The summed E-state index contributed by atoms with van der Waals surface area (Å²) in [6, 6.07) is 35.1. The van der Waals surface area contributed by atoms with Gasteiger partial charge in [0.05, 0.1) is 35.4 Å². The minimum Gasteiger partial charge on any atom is -0.494 e. The van der Waals surface area contributed by atoms with Gasteiger partial charge in [-0.25, -0.2) is 14.7 Å². The van der Waals surface area contributed by atoms with Gasteiger partial charge in [0.2, 0.25) is 0 Å². The second kappa shape index (κ2) is 10.7. The molecule has 0 unspecified atom stereocenters. The lowest BCUT2D eigenvalue weighted by Crippen LogP contribution is -2.46. The number of aliphatic imine (C=N–C) groups is 2. The SMILES string of the molecule is CCOc1ccc([C@@H]2c3c(C)nn(-c4ccccc4)c3N=C3C(Nc4ccc(CC)cc4)=Nc4ccccc4N32)cc1. The van der Waals surface area contributed by atoms with Gasteiger partial charge in [-0.15, -0.1) is 0 Å². The molecule has 7 heteroatoms. The number of fused-ring (bicyclic) bond motifs is 4. The van der Waals surface area contributed by atoms with Gasteiger partial charge in [-0.2, -0.15) is 5.10 Å². The molecule has 1 N–H and O–H groups in total. The first kappa shape index (κ1) is 25.8.